The summed E-state index contributed by atoms with van der Waals surface area (Å²) in [5.74, 6) is -3.50. The lowest BCUT2D eigenvalue weighted by molar-refractivity contribution is -0.255. The predicted molar refractivity (Wildman–Crippen MR) is 40.7 cm³/mol. The summed E-state index contributed by atoms with van der Waals surface area (Å²) in [6, 6.07) is 0.444. The Morgan fingerprint density at radius 2 is 1.87 bits per heavy atom. The largest absolute Gasteiger partial charge is 0.545 e. The van der Waals surface area contributed by atoms with Gasteiger partial charge in [-0.1, -0.05) is 11.6 Å². The third-order valence-electron chi connectivity index (χ3n) is 1.58. The van der Waals surface area contributed by atoms with E-state index in [9.17, 15) is 27.5 Å². The summed E-state index contributed by atoms with van der Waals surface area (Å²) in [6.45, 7) is 0. The topological polar surface area (TPSA) is 40.1 Å². The van der Waals surface area contributed by atoms with Crippen molar-refractivity contribution in [2.75, 3.05) is 0 Å². The first-order chi connectivity index (χ1) is 6.73. The Morgan fingerprint density at radius 3 is 2.27 bits per heavy atom. The number of alkyl halides is 3. The summed E-state index contributed by atoms with van der Waals surface area (Å²) in [6.07, 6.45) is -4.79. The molecule has 0 aliphatic carbocycles. The molecule has 0 spiro atoms. The van der Waals surface area contributed by atoms with E-state index in [1.54, 1.807) is 0 Å². The minimum absolute atomic E-state index is 0.135. The standard InChI is InChI=1S/C8H3ClF4O2/c9-5-2-3(8(11,12)13)1-4(6(5)10)7(14)15/h1-2H,(H,14,15)/p-1. The minimum Gasteiger partial charge on any atom is -0.545 e. The van der Waals surface area contributed by atoms with Gasteiger partial charge >= 0.3 is 6.18 Å². The molecule has 0 unspecified atom stereocenters. The lowest BCUT2D eigenvalue weighted by Gasteiger charge is -2.11. The van der Waals surface area contributed by atoms with Crippen molar-refractivity contribution >= 4 is 17.6 Å². The van der Waals surface area contributed by atoms with Gasteiger partial charge in [-0.05, 0) is 12.1 Å². The Hall–Kier alpha value is -1.30. The highest BCUT2D eigenvalue weighted by molar-refractivity contribution is 6.31. The number of carbonyl (C=O) groups is 1. The summed E-state index contributed by atoms with van der Waals surface area (Å²) in [5.41, 5.74) is -2.55. The predicted octanol–water partition coefficient (Wildman–Crippen LogP) is 1.86. The normalized spacial score (nSPS) is 11.5. The van der Waals surface area contributed by atoms with E-state index in [0.717, 1.165) is 0 Å². The molecular weight excluding hydrogens is 240 g/mol. The van der Waals surface area contributed by atoms with Gasteiger partial charge in [-0.3, -0.25) is 0 Å². The number of benzene rings is 1. The van der Waals surface area contributed by atoms with Gasteiger partial charge in [0.15, 0.2) is 5.82 Å². The smallest absolute Gasteiger partial charge is 0.416 e. The average Bonchev–Trinajstić information content (AvgIpc) is 2.06. The zero-order valence-corrected chi connectivity index (χ0v) is 7.62. The number of carbonyl (C=O) groups excluding carboxylic acids is 1. The molecule has 0 aromatic heterocycles. The molecule has 0 fully saturated rings. The second-order valence-electron chi connectivity index (χ2n) is 2.60. The molecule has 1 aromatic rings. The Balaban J connectivity index is 3.43. The van der Waals surface area contributed by atoms with E-state index in [2.05, 4.69) is 0 Å². The van der Waals surface area contributed by atoms with Gasteiger partial charge in [0.1, 0.15) is 0 Å². The third-order valence-corrected chi connectivity index (χ3v) is 1.85. The number of halogens is 5. The summed E-state index contributed by atoms with van der Waals surface area (Å²) in [4.78, 5) is 10.3. The Kier molecular flexibility index (Phi) is 2.90. The molecule has 1 aromatic carbocycles. The van der Waals surface area contributed by atoms with E-state index >= 15 is 0 Å². The fraction of sp³-hybridized carbons (Fsp3) is 0.125. The van der Waals surface area contributed by atoms with Crippen LogP contribution in [0.2, 0.25) is 5.02 Å². The van der Waals surface area contributed by atoms with E-state index < -0.39 is 34.1 Å². The number of carboxylic acids is 1. The van der Waals surface area contributed by atoms with Crippen LogP contribution in [0.5, 0.6) is 0 Å². The molecule has 82 valence electrons. The van der Waals surface area contributed by atoms with E-state index in [1.165, 1.54) is 0 Å². The third kappa shape index (κ3) is 2.38. The molecule has 7 heteroatoms. The Bertz CT molecular complexity index is 414. The Labute approximate surface area is 86.1 Å². The van der Waals surface area contributed by atoms with Crippen molar-refractivity contribution in [1.29, 1.82) is 0 Å². The molecule has 2 nitrogen and oxygen atoms in total. The fourth-order valence-corrected chi connectivity index (χ4v) is 1.12. The van der Waals surface area contributed by atoms with Crippen LogP contribution >= 0.6 is 11.6 Å². The van der Waals surface area contributed by atoms with Crippen molar-refractivity contribution in [3.05, 3.63) is 34.1 Å². The van der Waals surface area contributed by atoms with Crippen LogP contribution < -0.4 is 5.11 Å². The van der Waals surface area contributed by atoms with Crippen molar-refractivity contribution in [1.82, 2.24) is 0 Å². The summed E-state index contributed by atoms with van der Waals surface area (Å²) in [7, 11) is 0. The average molecular weight is 242 g/mol. The van der Waals surface area contributed by atoms with Crippen molar-refractivity contribution in [3.63, 3.8) is 0 Å². The molecule has 0 atom stereocenters. The van der Waals surface area contributed by atoms with Crippen LogP contribution in [0.15, 0.2) is 12.1 Å². The van der Waals surface area contributed by atoms with E-state index in [0.29, 0.717) is 6.07 Å². The minimum atomic E-state index is -4.79. The van der Waals surface area contributed by atoms with Gasteiger partial charge in [0.05, 0.1) is 16.6 Å². The first-order valence-electron chi connectivity index (χ1n) is 3.51. The van der Waals surface area contributed by atoms with Crippen LogP contribution in [-0.4, -0.2) is 5.97 Å². The molecule has 0 aliphatic rings. The zero-order valence-electron chi connectivity index (χ0n) is 6.86. The van der Waals surface area contributed by atoms with Gasteiger partial charge in [0.25, 0.3) is 0 Å². The molecule has 15 heavy (non-hydrogen) atoms. The van der Waals surface area contributed by atoms with Crippen molar-refractivity contribution in [2.24, 2.45) is 0 Å². The molecule has 0 aliphatic heterocycles. The molecule has 0 N–H and O–H groups in total. The second kappa shape index (κ2) is 3.69. The molecule has 0 saturated carbocycles. The van der Waals surface area contributed by atoms with Crippen LogP contribution in [0, 0.1) is 5.82 Å². The number of rotatable bonds is 1. The van der Waals surface area contributed by atoms with E-state index in [4.69, 9.17) is 11.6 Å². The number of hydrogen-bond acceptors (Lipinski definition) is 2. The van der Waals surface area contributed by atoms with Crippen molar-refractivity contribution in [2.45, 2.75) is 6.18 Å². The van der Waals surface area contributed by atoms with Gasteiger partial charge in [0, 0.05) is 5.56 Å². The maximum atomic E-state index is 12.9. The maximum Gasteiger partial charge on any atom is 0.416 e. The van der Waals surface area contributed by atoms with Gasteiger partial charge in [-0.15, -0.1) is 0 Å². The number of hydrogen-bond donors (Lipinski definition) is 0. The van der Waals surface area contributed by atoms with Crippen LogP contribution in [0.3, 0.4) is 0 Å². The number of aromatic carboxylic acids is 1. The summed E-state index contributed by atoms with van der Waals surface area (Å²) >= 11 is 5.10. The summed E-state index contributed by atoms with van der Waals surface area (Å²) in [5, 5.41) is 9.36. The molecular formula is C8H2ClF4O2-. The molecule has 0 amide bonds. The van der Waals surface area contributed by atoms with Crippen molar-refractivity contribution in [3.8, 4) is 0 Å². The maximum absolute atomic E-state index is 12.9. The molecule has 0 bridgehead atoms. The van der Waals surface area contributed by atoms with Crippen LogP contribution in [0.1, 0.15) is 15.9 Å². The number of carboxylic acid groups (broad SMARTS) is 1. The summed E-state index contributed by atoms with van der Waals surface area (Å²) < 4.78 is 49.3. The first-order valence-corrected chi connectivity index (χ1v) is 3.89. The second-order valence-corrected chi connectivity index (χ2v) is 3.01. The zero-order chi connectivity index (χ0) is 11.8. The van der Waals surface area contributed by atoms with E-state index in [1.807, 2.05) is 0 Å². The van der Waals surface area contributed by atoms with Gasteiger partial charge in [-0.2, -0.15) is 13.2 Å². The van der Waals surface area contributed by atoms with Gasteiger partial charge in [0.2, 0.25) is 0 Å². The Morgan fingerprint density at radius 1 is 1.33 bits per heavy atom. The molecule has 0 radical (unpaired) electrons. The quantitative estimate of drug-likeness (QED) is 0.704. The monoisotopic (exact) mass is 241 g/mol. The highest BCUT2D eigenvalue weighted by atomic mass is 35.5. The molecule has 1 rings (SSSR count). The SMILES string of the molecule is O=C([O-])c1cc(C(F)(F)F)cc(Cl)c1F. The first kappa shape index (κ1) is 11.8. The van der Waals surface area contributed by atoms with Gasteiger partial charge < -0.3 is 9.90 Å². The van der Waals surface area contributed by atoms with Crippen molar-refractivity contribution < 1.29 is 27.5 Å². The lowest BCUT2D eigenvalue weighted by Crippen LogP contribution is -2.24. The van der Waals surface area contributed by atoms with E-state index in [-0.39, 0.29) is 6.07 Å². The van der Waals surface area contributed by atoms with Crippen LogP contribution in [0.25, 0.3) is 0 Å². The van der Waals surface area contributed by atoms with Gasteiger partial charge in [-0.25, -0.2) is 4.39 Å². The molecule has 0 saturated heterocycles. The molecule has 0 heterocycles. The fourth-order valence-electron chi connectivity index (χ4n) is 0.901. The highest BCUT2D eigenvalue weighted by Gasteiger charge is 2.32. The lowest BCUT2D eigenvalue weighted by atomic mass is 10.1. The van der Waals surface area contributed by atoms with Crippen LogP contribution in [0.4, 0.5) is 17.6 Å². The van der Waals surface area contributed by atoms with Crippen LogP contribution in [-0.2, 0) is 6.18 Å². The highest BCUT2D eigenvalue weighted by Crippen LogP contribution is 2.33.